The Kier molecular flexibility index (Phi) is 4.50. The van der Waals surface area contributed by atoms with Gasteiger partial charge in [-0.1, -0.05) is 29.8 Å². The summed E-state index contributed by atoms with van der Waals surface area (Å²) >= 11 is 0. The molecule has 27 heavy (non-hydrogen) atoms. The van der Waals surface area contributed by atoms with Crippen molar-refractivity contribution in [3.05, 3.63) is 62.8 Å². The number of H-pyrrole nitrogens is 1. The van der Waals surface area contributed by atoms with E-state index in [4.69, 9.17) is 0 Å². The molecule has 1 aromatic carbocycles. The fourth-order valence-corrected chi connectivity index (χ4v) is 4.58. The van der Waals surface area contributed by atoms with E-state index >= 15 is 0 Å². The first kappa shape index (κ1) is 17.8. The number of aromatic amines is 1. The van der Waals surface area contributed by atoms with Crippen molar-refractivity contribution < 1.29 is 4.79 Å². The molecule has 0 radical (unpaired) electrons. The molecule has 1 aliphatic carbocycles. The van der Waals surface area contributed by atoms with Gasteiger partial charge < -0.3 is 15.2 Å². The smallest absolute Gasteiger partial charge is 0.317 e. The van der Waals surface area contributed by atoms with Gasteiger partial charge in [0.1, 0.15) is 5.82 Å². The lowest BCUT2D eigenvalue weighted by atomic mass is 9.77. The summed E-state index contributed by atoms with van der Waals surface area (Å²) in [5, 5.41) is 3.05. The lowest BCUT2D eigenvalue weighted by Gasteiger charge is -2.40. The highest BCUT2D eigenvalue weighted by Gasteiger charge is 2.45. The van der Waals surface area contributed by atoms with Crippen LogP contribution in [0.25, 0.3) is 0 Å². The van der Waals surface area contributed by atoms with E-state index in [1.165, 1.54) is 5.56 Å². The maximum absolute atomic E-state index is 12.8. The second kappa shape index (κ2) is 6.83. The molecule has 1 aromatic heterocycles. The van der Waals surface area contributed by atoms with E-state index in [0.717, 1.165) is 49.0 Å². The molecule has 1 atom stereocenters. The molecule has 6 nitrogen and oxygen atoms in total. The number of carbonyl (C=O) groups is 1. The Morgan fingerprint density at radius 3 is 3.00 bits per heavy atom. The number of urea groups is 1. The molecule has 2 heterocycles. The van der Waals surface area contributed by atoms with E-state index in [1.807, 2.05) is 36.9 Å². The van der Waals surface area contributed by atoms with Crippen LogP contribution in [-0.4, -0.2) is 34.0 Å². The van der Waals surface area contributed by atoms with Crippen LogP contribution in [0.15, 0.2) is 29.1 Å². The third-order valence-corrected chi connectivity index (χ3v) is 5.88. The number of carbonyl (C=O) groups excluding carboxylic acids is 1. The van der Waals surface area contributed by atoms with Gasteiger partial charge in [-0.3, -0.25) is 4.79 Å². The van der Waals surface area contributed by atoms with E-state index in [1.54, 1.807) is 0 Å². The van der Waals surface area contributed by atoms with Gasteiger partial charge in [0.25, 0.3) is 5.56 Å². The van der Waals surface area contributed by atoms with E-state index in [-0.39, 0.29) is 17.0 Å². The summed E-state index contributed by atoms with van der Waals surface area (Å²) in [5.74, 6) is 0.654. The summed E-state index contributed by atoms with van der Waals surface area (Å²) in [6.07, 6.45) is 3.56. The monoisotopic (exact) mass is 366 g/mol. The molecule has 1 spiro atoms. The third kappa shape index (κ3) is 3.36. The number of piperidine rings is 1. The zero-order valence-corrected chi connectivity index (χ0v) is 16.0. The minimum atomic E-state index is -0.173. The van der Waals surface area contributed by atoms with Gasteiger partial charge in [-0.2, -0.15) is 0 Å². The Morgan fingerprint density at radius 1 is 1.33 bits per heavy atom. The molecule has 1 fully saturated rings. The lowest BCUT2D eigenvalue weighted by molar-refractivity contribution is 0.147. The molecule has 6 heteroatoms. The van der Waals surface area contributed by atoms with Crippen LogP contribution in [0.5, 0.6) is 0 Å². The summed E-state index contributed by atoms with van der Waals surface area (Å²) in [6, 6.07) is 8.13. The van der Waals surface area contributed by atoms with Crippen molar-refractivity contribution in [2.75, 3.05) is 13.1 Å². The van der Waals surface area contributed by atoms with E-state index in [2.05, 4.69) is 21.4 Å². The molecule has 0 saturated carbocycles. The molecular formula is C21H26N4O2. The standard InChI is InChI=1S/C21H26N4O2/c1-14-5-3-6-16(11-14)12-22-20(27)25-10-4-8-21(13-25)9-7-17-18(21)23-15(2)24-19(17)26/h3,5-6,11H,4,7-10,12-13H2,1-2H3,(H,22,27)(H,23,24,26). The van der Waals surface area contributed by atoms with Gasteiger partial charge >= 0.3 is 6.03 Å². The van der Waals surface area contributed by atoms with Crippen LogP contribution in [0.1, 0.15) is 47.5 Å². The van der Waals surface area contributed by atoms with Gasteiger partial charge in [0.2, 0.25) is 0 Å². The second-order valence-corrected chi connectivity index (χ2v) is 7.93. The van der Waals surface area contributed by atoms with Crippen molar-refractivity contribution >= 4 is 6.03 Å². The van der Waals surface area contributed by atoms with Crippen LogP contribution < -0.4 is 10.9 Å². The Morgan fingerprint density at radius 2 is 2.19 bits per heavy atom. The first-order valence-electron chi connectivity index (χ1n) is 9.65. The number of nitrogens with one attached hydrogen (secondary N) is 2. The third-order valence-electron chi connectivity index (χ3n) is 5.88. The molecule has 1 unspecified atom stereocenters. The highest BCUT2D eigenvalue weighted by molar-refractivity contribution is 5.74. The molecule has 2 N–H and O–H groups in total. The van der Waals surface area contributed by atoms with Gasteiger partial charge in [0.15, 0.2) is 0 Å². The number of aromatic nitrogens is 2. The number of hydrogen-bond donors (Lipinski definition) is 2. The maximum atomic E-state index is 12.8. The van der Waals surface area contributed by atoms with E-state index in [0.29, 0.717) is 18.9 Å². The lowest BCUT2D eigenvalue weighted by Crippen LogP contribution is -2.51. The van der Waals surface area contributed by atoms with E-state index in [9.17, 15) is 9.59 Å². The molecule has 1 aliphatic heterocycles. The van der Waals surface area contributed by atoms with Crippen LogP contribution in [-0.2, 0) is 18.4 Å². The fourth-order valence-electron chi connectivity index (χ4n) is 4.58. The number of rotatable bonds is 2. The predicted molar refractivity (Wildman–Crippen MR) is 104 cm³/mol. The zero-order chi connectivity index (χ0) is 19.0. The number of amides is 2. The van der Waals surface area contributed by atoms with Crippen molar-refractivity contribution in [2.45, 2.75) is 51.5 Å². The van der Waals surface area contributed by atoms with Crippen molar-refractivity contribution in [2.24, 2.45) is 0 Å². The number of benzene rings is 1. The van der Waals surface area contributed by atoms with Gasteiger partial charge in [0.05, 0.1) is 5.69 Å². The summed E-state index contributed by atoms with van der Waals surface area (Å²) in [4.78, 5) is 34.4. The number of fused-ring (bicyclic) bond motifs is 2. The first-order valence-corrected chi connectivity index (χ1v) is 9.65. The maximum Gasteiger partial charge on any atom is 0.317 e. The van der Waals surface area contributed by atoms with E-state index < -0.39 is 0 Å². The second-order valence-electron chi connectivity index (χ2n) is 7.93. The molecule has 0 bridgehead atoms. The SMILES string of the molecule is Cc1cccc(CNC(=O)N2CCCC3(CCc4c3nc(C)[nH]c4=O)C2)c1. The summed E-state index contributed by atoms with van der Waals surface area (Å²) < 4.78 is 0. The van der Waals surface area contributed by atoms with Gasteiger partial charge in [-0.25, -0.2) is 9.78 Å². The minimum absolute atomic E-state index is 0.0182. The average molecular weight is 366 g/mol. The first-order chi connectivity index (χ1) is 13.0. The van der Waals surface area contributed by atoms with Crippen molar-refractivity contribution in [3.8, 4) is 0 Å². The summed E-state index contributed by atoms with van der Waals surface area (Å²) in [6.45, 7) is 5.78. The Balaban J connectivity index is 1.49. The van der Waals surface area contributed by atoms with Crippen LogP contribution in [0.3, 0.4) is 0 Å². The molecule has 2 aromatic rings. The van der Waals surface area contributed by atoms with Crippen molar-refractivity contribution in [1.82, 2.24) is 20.2 Å². The van der Waals surface area contributed by atoms with Crippen molar-refractivity contribution in [1.29, 1.82) is 0 Å². The largest absolute Gasteiger partial charge is 0.334 e. The van der Waals surface area contributed by atoms with Crippen LogP contribution >= 0.6 is 0 Å². The highest BCUT2D eigenvalue weighted by Crippen LogP contribution is 2.42. The van der Waals surface area contributed by atoms with Crippen LogP contribution in [0.2, 0.25) is 0 Å². The Bertz CT molecular complexity index is 936. The van der Waals surface area contributed by atoms with Gasteiger partial charge in [-0.15, -0.1) is 0 Å². The van der Waals surface area contributed by atoms with Gasteiger partial charge in [0, 0.05) is 30.6 Å². The zero-order valence-electron chi connectivity index (χ0n) is 16.0. The quantitative estimate of drug-likeness (QED) is 0.857. The highest BCUT2D eigenvalue weighted by atomic mass is 16.2. The molecule has 2 aliphatic rings. The minimum Gasteiger partial charge on any atom is -0.334 e. The topological polar surface area (TPSA) is 78.1 Å². The molecule has 2 amide bonds. The number of aryl methyl sites for hydroxylation is 2. The molecule has 4 rings (SSSR count). The predicted octanol–water partition coefficient (Wildman–Crippen LogP) is 2.58. The summed E-state index contributed by atoms with van der Waals surface area (Å²) in [5.41, 5.74) is 3.82. The molecule has 1 saturated heterocycles. The fraction of sp³-hybridized carbons (Fsp3) is 0.476. The number of hydrogen-bond acceptors (Lipinski definition) is 3. The molecule has 142 valence electrons. The average Bonchev–Trinajstić information content (AvgIpc) is 2.98. The van der Waals surface area contributed by atoms with Crippen molar-refractivity contribution in [3.63, 3.8) is 0 Å². The number of likely N-dealkylation sites (tertiary alicyclic amines) is 1. The van der Waals surface area contributed by atoms with Crippen LogP contribution in [0, 0.1) is 13.8 Å². The molecular weight excluding hydrogens is 340 g/mol. The Hall–Kier alpha value is -2.63. The summed E-state index contributed by atoms with van der Waals surface area (Å²) in [7, 11) is 0. The number of nitrogens with zero attached hydrogens (tertiary/aromatic N) is 2. The Labute approximate surface area is 159 Å². The normalized spacial score (nSPS) is 21.3. The van der Waals surface area contributed by atoms with Gasteiger partial charge in [-0.05, 0) is 45.1 Å². The van der Waals surface area contributed by atoms with Crippen LogP contribution in [0.4, 0.5) is 4.79 Å².